The Labute approximate surface area is 128 Å². The molecule has 0 aliphatic heterocycles. The van der Waals surface area contributed by atoms with Crippen LogP contribution in [-0.2, 0) is 9.59 Å². The number of hydrogen-bond donors (Lipinski definition) is 2. The molecule has 1 saturated carbocycles. The fourth-order valence-corrected chi connectivity index (χ4v) is 1.93. The second kappa shape index (κ2) is 6.77. The number of hydrogen-bond acceptors (Lipinski definition) is 3. The van der Waals surface area contributed by atoms with Crippen LogP contribution < -0.4 is 10.1 Å². The average Bonchev–Trinajstić information content (AvgIpc) is 3.28. The van der Waals surface area contributed by atoms with Crippen molar-refractivity contribution >= 4 is 11.9 Å². The summed E-state index contributed by atoms with van der Waals surface area (Å²) in [6, 6.07) is 4.03. The minimum atomic E-state index is -1.19. The number of carbonyl (C=O) groups is 2. The summed E-state index contributed by atoms with van der Waals surface area (Å²) < 4.78 is 19.4. The molecule has 1 aromatic carbocycles. The molecule has 2 rings (SSSR count). The number of amides is 1. The number of benzene rings is 1. The Balaban J connectivity index is 1.97. The highest BCUT2D eigenvalue weighted by molar-refractivity contribution is 5.96. The Kier molecular flexibility index (Phi) is 5.00. The lowest BCUT2D eigenvalue weighted by Crippen LogP contribution is -2.35. The smallest absolute Gasteiger partial charge is 0.315 e. The maximum Gasteiger partial charge on any atom is 0.315 e. The van der Waals surface area contributed by atoms with Gasteiger partial charge in [-0.1, -0.05) is 6.07 Å². The molecule has 5 nitrogen and oxygen atoms in total. The molecule has 1 aliphatic rings. The Hall–Kier alpha value is -2.11. The molecule has 1 aromatic rings. The zero-order valence-corrected chi connectivity index (χ0v) is 12.6. The third-order valence-electron chi connectivity index (χ3n) is 3.75. The molecule has 2 unspecified atom stereocenters. The molecule has 0 aromatic heterocycles. The van der Waals surface area contributed by atoms with Crippen LogP contribution in [0.1, 0.15) is 38.3 Å². The molecule has 0 radical (unpaired) electrons. The van der Waals surface area contributed by atoms with E-state index in [-0.39, 0.29) is 5.75 Å². The Morgan fingerprint density at radius 2 is 2.09 bits per heavy atom. The predicted octanol–water partition coefficient (Wildman–Crippen LogP) is 2.51. The molecular weight excluding hydrogens is 289 g/mol. The molecule has 120 valence electrons. The number of carboxylic acids is 1. The van der Waals surface area contributed by atoms with Crippen molar-refractivity contribution < 1.29 is 23.8 Å². The van der Waals surface area contributed by atoms with Gasteiger partial charge >= 0.3 is 5.97 Å². The molecule has 0 saturated heterocycles. The number of ether oxygens (including phenoxy) is 1. The number of nitrogens with one attached hydrogen (secondary N) is 1. The van der Waals surface area contributed by atoms with E-state index in [1.165, 1.54) is 19.1 Å². The van der Waals surface area contributed by atoms with Crippen molar-refractivity contribution in [2.24, 2.45) is 11.8 Å². The van der Waals surface area contributed by atoms with Crippen molar-refractivity contribution in [3.05, 3.63) is 29.6 Å². The van der Waals surface area contributed by atoms with Gasteiger partial charge in [0.25, 0.3) is 0 Å². The summed E-state index contributed by atoms with van der Waals surface area (Å²) in [5.41, 5.74) is 0.558. The average molecular weight is 309 g/mol. The minimum Gasteiger partial charge on any atom is -0.490 e. The van der Waals surface area contributed by atoms with Gasteiger partial charge in [-0.25, -0.2) is 4.39 Å². The van der Waals surface area contributed by atoms with Crippen LogP contribution in [0.15, 0.2) is 18.2 Å². The first-order valence-corrected chi connectivity index (χ1v) is 7.34. The van der Waals surface area contributed by atoms with Gasteiger partial charge in [0.2, 0.25) is 5.91 Å². The summed E-state index contributed by atoms with van der Waals surface area (Å²) in [6.07, 6.45) is 2.26. The molecule has 0 spiro atoms. The molecule has 2 atom stereocenters. The SMILES string of the molecule is CC(C(=O)O)C(=O)NC(C)c1ccc(OCC2CC2)c(F)c1. The monoisotopic (exact) mass is 309 g/mol. The lowest BCUT2D eigenvalue weighted by atomic mass is 10.1. The van der Waals surface area contributed by atoms with Crippen molar-refractivity contribution in [1.29, 1.82) is 0 Å². The third-order valence-corrected chi connectivity index (χ3v) is 3.75. The quantitative estimate of drug-likeness (QED) is 0.759. The van der Waals surface area contributed by atoms with Gasteiger partial charge in [-0.05, 0) is 50.3 Å². The highest BCUT2D eigenvalue weighted by Crippen LogP contribution is 2.30. The Morgan fingerprint density at radius 3 is 2.64 bits per heavy atom. The molecule has 22 heavy (non-hydrogen) atoms. The fourth-order valence-electron chi connectivity index (χ4n) is 1.93. The van der Waals surface area contributed by atoms with E-state index in [4.69, 9.17) is 9.84 Å². The van der Waals surface area contributed by atoms with E-state index in [9.17, 15) is 14.0 Å². The molecule has 6 heteroatoms. The summed E-state index contributed by atoms with van der Waals surface area (Å²) >= 11 is 0. The topological polar surface area (TPSA) is 75.6 Å². The second-order valence-electron chi connectivity index (χ2n) is 5.73. The van der Waals surface area contributed by atoms with Gasteiger partial charge in [-0.2, -0.15) is 0 Å². The van der Waals surface area contributed by atoms with E-state index in [1.807, 2.05) is 0 Å². The van der Waals surface area contributed by atoms with Crippen molar-refractivity contribution in [2.75, 3.05) is 6.61 Å². The normalized spacial score (nSPS) is 16.7. The van der Waals surface area contributed by atoms with Gasteiger partial charge in [0.05, 0.1) is 12.6 Å². The van der Waals surface area contributed by atoms with Crippen LogP contribution in [0.4, 0.5) is 4.39 Å². The van der Waals surface area contributed by atoms with E-state index in [2.05, 4.69) is 5.32 Å². The Morgan fingerprint density at radius 1 is 1.41 bits per heavy atom. The first-order valence-electron chi connectivity index (χ1n) is 7.34. The van der Waals surface area contributed by atoms with E-state index >= 15 is 0 Å². The van der Waals surface area contributed by atoms with Crippen LogP contribution in [-0.4, -0.2) is 23.6 Å². The largest absolute Gasteiger partial charge is 0.490 e. The molecule has 2 N–H and O–H groups in total. The molecule has 1 aliphatic carbocycles. The van der Waals surface area contributed by atoms with Gasteiger partial charge in [0, 0.05) is 0 Å². The summed E-state index contributed by atoms with van der Waals surface area (Å²) in [5.74, 6) is -2.68. The highest BCUT2D eigenvalue weighted by atomic mass is 19.1. The van der Waals surface area contributed by atoms with Crippen LogP contribution in [0.3, 0.4) is 0 Å². The van der Waals surface area contributed by atoms with E-state index in [0.717, 1.165) is 12.8 Å². The summed E-state index contributed by atoms with van der Waals surface area (Å²) in [6.45, 7) is 3.50. The lowest BCUT2D eigenvalue weighted by molar-refractivity contribution is -0.146. The minimum absolute atomic E-state index is 0.202. The number of halogens is 1. The maximum atomic E-state index is 14.0. The van der Waals surface area contributed by atoms with Crippen LogP contribution in [0.25, 0.3) is 0 Å². The number of carbonyl (C=O) groups excluding carboxylic acids is 1. The zero-order chi connectivity index (χ0) is 16.3. The van der Waals surface area contributed by atoms with Gasteiger partial charge in [-0.15, -0.1) is 0 Å². The van der Waals surface area contributed by atoms with Crippen molar-refractivity contribution in [2.45, 2.75) is 32.7 Å². The number of aliphatic carboxylic acids is 1. The molecule has 1 fully saturated rings. The van der Waals surface area contributed by atoms with Gasteiger partial charge in [-0.3, -0.25) is 9.59 Å². The van der Waals surface area contributed by atoms with Crippen molar-refractivity contribution in [3.63, 3.8) is 0 Å². The predicted molar refractivity (Wildman–Crippen MR) is 78.0 cm³/mol. The third kappa shape index (κ3) is 4.19. The highest BCUT2D eigenvalue weighted by Gasteiger charge is 2.24. The first-order chi connectivity index (χ1) is 10.4. The number of carboxylic acid groups (broad SMARTS) is 1. The zero-order valence-electron chi connectivity index (χ0n) is 12.6. The maximum absolute atomic E-state index is 14.0. The van der Waals surface area contributed by atoms with Crippen LogP contribution in [0.2, 0.25) is 0 Å². The fraction of sp³-hybridized carbons (Fsp3) is 0.500. The van der Waals surface area contributed by atoms with Crippen molar-refractivity contribution in [3.8, 4) is 5.75 Å². The summed E-state index contributed by atoms with van der Waals surface area (Å²) in [4.78, 5) is 22.4. The van der Waals surface area contributed by atoms with Gasteiger partial charge in [0.1, 0.15) is 5.92 Å². The van der Waals surface area contributed by atoms with Gasteiger partial charge in [0.15, 0.2) is 11.6 Å². The molecule has 0 bridgehead atoms. The van der Waals surface area contributed by atoms with E-state index in [0.29, 0.717) is 18.1 Å². The van der Waals surface area contributed by atoms with E-state index in [1.54, 1.807) is 13.0 Å². The van der Waals surface area contributed by atoms with Crippen LogP contribution in [0.5, 0.6) is 5.75 Å². The molecule has 1 amide bonds. The summed E-state index contributed by atoms with van der Waals surface area (Å²) in [7, 11) is 0. The van der Waals surface area contributed by atoms with E-state index < -0.39 is 29.7 Å². The molecule has 0 heterocycles. The summed E-state index contributed by atoms with van der Waals surface area (Å²) in [5, 5.41) is 11.3. The van der Waals surface area contributed by atoms with Gasteiger partial charge < -0.3 is 15.2 Å². The lowest BCUT2D eigenvalue weighted by Gasteiger charge is -2.17. The second-order valence-corrected chi connectivity index (χ2v) is 5.73. The molecular formula is C16H20FNO4. The standard InChI is InChI=1S/C16H20FNO4/c1-9(16(20)21)15(19)18-10(2)12-5-6-14(13(17)7-12)22-8-11-3-4-11/h5-7,9-11H,3-4,8H2,1-2H3,(H,18,19)(H,20,21). The van der Waals surface area contributed by atoms with Crippen LogP contribution >= 0.6 is 0 Å². The number of rotatable bonds is 7. The first kappa shape index (κ1) is 16.3. The van der Waals surface area contributed by atoms with Crippen molar-refractivity contribution in [1.82, 2.24) is 5.32 Å². The Bertz CT molecular complexity index is 571. The van der Waals surface area contributed by atoms with Crippen LogP contribution in [0, 0.1) is 17.7 Å².